The quantitative estimate of drug-likeness (QED) is 0.275. The molecule has 0 unspecified atom stereocenters. The molecule has 206 valence electrons. The summed E-state index contributed by atoms with van der Waals surface area (Å²) in [6, 6.07) is 7.43. The molecule has 4 N–H and O–H groups in total. The number of ether oxygens (including phenoxy) is 2. The maximum atomic E-state index is 12.9. The summed E-state index contributed by atoms with van der Waals surface area (Å²) in [5.41, 5.74) is 0.690. The lowest BCUT2D eigenvalue weighted by Crippen LogP contribution is -2.42. The molecule has 1 aromatic heterocycles. The van der Waals surface area contributed by atoms with Gasteiger partial charge in [-0.25, -0.2) is 13.4 Å². The SMILES string of the molecule is COc1ccc(S(=O)(=O)N[C@@H](Cc2nc3ccc(/C=C/CNC4=NCCC4)cc3c(=O)[nH]2)C(=O)O)cc1OC. The molecule has 0 amide bonds. The van der Waals surface area contributed by atoms with Crippen LogP contribution >= 0.6 is 0 Å². The number of aliphatic imine (C=N–C) groups is 1. The number of aromatic amines is 1. The Morgan fingerprint density at radius 2 is 1.97 bits per heavy atom. The predicted octanol–water partition coefficient (Wildman–Crippen LogP) is 1.71. The molecule has 1 aliphatic rings. The zero-order valence-corrected chi connectivity index (χ0v) is 22.2. The molecular weight excluding hydrogens is 526 g/mol. The number of hydrogen-bond acceptors (Lipinski definition) is 9. The third-order valence-corrected chi connectivity index (χ3v) is 7.51. The molecule has 0 bridgehead atoms. The molecule has 0 saturated carbocycles. The molecule has 12 nitrogen and oxygen atoms in total. The largest absolute Gasteiger partial charge is 0.493 e. The van der Waals surface area contributed by atoms with E-state index in [2.05, 4.69) is 25.0 Å². The van der Waals surface area contributed by atoms with Crippen molar-refractivity contribution < 1.29 is 27.8 Å². The van der Waals surface area contributed by atoms with E-state index in [-0.39, 0.29) is 22.9 Å². The Morgan fingerprint density at radius 3 is 2.67 bits per heavy atom. The Morgan fingerprint density at radius 1 is 1.18 bits per heavy atom. The van der Waals surface area contributed by atoms with Crippen molar-refractivity contribution in [3.8, 4) is 11.5 Å². The van der Waals surface area contributed by atoms with Gasteiger partial charge in [-0.3, -0.25) is 14.6 Å². The van der Waals surface area contributed by atoms with Crippen LogP contribution in [0.15, 0.2) is 57.2 Å². The average molecular weight is 556 g/mol. The fourth-order valence-electron chi connectivity index (χ4n) is 4.07. The number of carboxylic acids is 1. The molecule has 1 aliphatic heterocycles. The molecule has 39 heavy (non-hydrogen) atoms. The van der Waals surface area contributed by atoms with Crippen molar-refractivity contribution in [2.75, 3.05) is 27.3 Å². The fourth-order valence-corrected chi connectivity index (χ4v) is 5.28. The monoisotopic (exact) mass is 555 g/mol. The highest BCUT2D eigenvalue weighted by Crippen LogP contribution is 2.29. The molecule has 0 radical (unpaired) electrons. The van der Waals surface area contributed by atoms with Gasteiger partial charge in [0, 0.05) is 32.0 Å². The number of amidine groups is 1. The smallest absolute Gasteiger partial charge is 0.322 e. The molecule has 1 atom stereocenters. The molecule has 0 aliphatic carbocycles. The van der Waals surface area contributed by atoms with Gasteiger partial charge in [-0.1, -0.05) is 18.2 Å². The Hall–Kier alpha value is -4.23. The van der Waals surface area contributed by atoms with Gasteiger partial charge in [0.2, 0.25) is 10.0 Å². The topological polar surface area (TPSA) is 172 Å². The molecule has 0 spiro atoms. The zero-order chi connectivity index (χ0) is 28.0. The number of rotatable bonds is 11. The van der Waals surface area contributed by atoms with Gasteiger partial charge in [0.05, 0.1) is 35.9 Å². The third-order valence-electron chi connectivity index (χ3n) is 6.05. The second-order valence-corrected chi connectivity index (χ2v) is 10.5. The van der Waals surface area contributed by atoms with Crippen LogP contribution in [0.4, 0.5) is 0 Å². The van der Waals surface area contributed by atoms with Crippen LogP contribution in [0.1, 0.15) is 24.2 Å². The maximum Gasteiger partial charge on any atom is 0.322 e. The number of carbonyl (C=O) groups is 1. The van der Waals surface area contributed by atoms with Gasteiger partial charge in [0.1, 0.15) is 11.9 Å². The minimum atomic E-state index is -4.26. The van der Waals surface area contributed by atoms with Gasteiger partial charge in [0.25, 0.3) is 5.56 Å². The Bertz CT molecular complexity index is 1600. The van der Waals surface area contributed by atoms with Gasteiger partial charge in [-0.2, -0.15) is 4.72 Å². The van der Waals surface area contributed by atoms with Crippen molar-refractivity contribution in [2.24, 2.45) is 4.99 Å². The van der Waals surface area contributed by atoms with Crippen molar-refractivity contribution in [1.82, 2.24) is 20.0 Å². The number of H-pyrrole nitrogens is 1. The number of benzene rings is 2. The second kappa shape index (κ2) is 12.1. The number of nitrogens with zero attached hydrogens (tertiary/aromatic N) is 2. The van der Waals surface area contributed by atoms with Crippen LogP contribution in [0.5, 0.6) is 11.5 Å². The first kappa shape index (κ1) is 27.8. The van der Waals surface area contributed by atoms with Crippen LogP contribution in [0.3, 0.4) is 0 Å². The van der Waals surface area contributed by atoms with Gasteiger partial charge in [-0.15, -0.1) is 0 Å². The predicted molar refractivity (Wildman–Crippen MR) is 146 cm³/mol. The van der Waals surface area contributed by atoms with Crippen LogP contribution in [0.2, 0.25) is 0 Å². The van der Waals surface area contributed by atoms with E-state index >= 15 is 0 Å². The van der Waals surface area contributed by atoms with Crippen molar-refractivity contribution >= 4 is 38.8 Å². The third kappa shape index (κ3) is 6.81. The maximum absolute atomic E-state index is 12.9. The first-order chi connectivity index (χ1) is 18.7. The minimum absolute atomic E-state index is 0.0275. The summed E-state index contributed by atoms with van der Waals surface area (Å²) in [5, 5.41) is 13.3. The van der Waals surface area contributed by atoms with Crippen molar-refractivity contribution in [2.45, 2.75) is 30.2 Å². The molecule has 13 heteroatoms. The highest BCUT2D eigenvalue weighted by Gasteiger charge is 2.27. The van der Waals surface area contributed by atoms with Crippen molar-refractivity contribution in [3.05, 3.63) is 64.2 Å². The van der Waals surface area contributed by atoms with Gasteiger partial charge in [0.15, 0.2) is 11.5 Å². The number of aliphatic carboxylic acids is 1. The van der Waals surface area contributed by atoms with Crippen molar-refractivity contribution in [3.63, 3.8) is 0 Å². The summed E-state index contributed by atoms with van der Waals surface area (Å²) >= 11 is 0. The van der Waals surface area contributed by atoms with E-state index in [1.54, 1.807) is 18.2 Å². The lowest BCUT2D eigenvalue weighted by Gasteiger charge is -2.16. The summed E-state index contributed by atoms with van der Waals surface area (Å²) in [7, 11) is -1.50. The van der Waals surface area contributed by atoms with E-state index in [4.69, 9.17) is 9.47 Å². The van der Waals surface area contributed by atoms with E-state index in [0.29, 0.717) is 23.2 Å². The standard InChI is InChI=1S/C26H29N5O7S/c1-37-21-10-8-17(14-22(21)38-2)39(35,36)31-20(26(33)34)15-24-29-19-9-7-16(13-18(19)25(32)30-24)5-3-11-27-23-6-4-12-28-23/h3,5,7-10,13-14,20,31H,4,6,11-12,15H2,1-2H3,(H,27,28)(H,33,34)(H,29,30,32)/b5-3+/t20-/m0/s1. The Kier molecular flexibility index (Phi) is 8.62. The molecule has 2 heterocycles. The molecular formula is C26H29N5O7S. The Balaban J connectivity index is 1.50. The van der Waals surface area contributed by atoms with Gasteiger partial charge in [-0.05, 0) is 36.2 Å². The van der Waals surface area contributed by atoms with E-state index in [9.17, 15) is 23.1 Å². The lowest BCUT2D eigenvalue weighted by atomic mass is 10.1. The fraction of sp³-hybridized carbons (Fsp3) is 0.308. The highest BCUT2D eigenvalue weighted by atomic mass is 32.2. The second-order valence-electron chi connectivity index (χ2n) is 8.74. The lowest BCUT2D eigenvalue weighted by molar-refractivity contribution is -0.139. The van der Waals surface area contributed by atoms with Crippen LogP contribution in [-0.2, 0) is 21.2 Å². The molecule has 4 rings (SSSR count). The molecule has 3 aromatic rings. The number of hydrogen-bond donors (Lipinski definition) is 4. The summed E-state index contributed by atoms with van der Waals surface area (Å²) in [5.74, 6) is 0.0798. The number of fused-ring (bicyclic) bond motifs is 1. The Labute approximate surface area is 224 Å². The zero-order valence-electron chi connectivity index (χ0n) is 21.4. The summed E-state index contributed by atoms with van der Waals surface area (Å²) in [6.45, 7) is 1.46. The van der Waals surface area contributed by atoms with Crippen LogP contribution in [0.25, 0.3) is 17.0 Å². The van der Waals surface area contributed by atoms with E-state index in [1.807, 2.05) is 12.2 Å². The van der Waals surface area contributed by atoms with Crippen LogP contribution < -0.4 is 25.1 Å². The summed E-state index contributed by atoms with van der Waals surface area (Å²) in [6.07, 6.45) is 5.43. The minimum Gasteiger partial charge on any atom is -0.493 e. The van der Waals surface area contributed by atoms with Gasteiger partial charge >= 0.3 is 5.97 Å². The summed E-state index contributed by atoms with van der Waals surface area (Å²) in [4.78, 5) is 35.8. The molecule has 0 saturated heterocycles. The summed E-state index contributed by atoms with van der Waals surface area (Å²) < 4.78 is 38.3. The van der Waals surface area contributed by atoms with E-state index < -0.39 is 27.6 Å². The molecule has 0 fully saturated rings. The highest BCUT2D eigenvalue weighted by molar-refractivity contribution is 7.89. The number of methoxy groups -OCH3 is 2. The van der Waals surface area contributed by atoms with Gasteiger partial charge < -0.3 is 24.9 Å². The number of nitrogens with one attached hydrogen (secondary N) is 3. The average Bonchev–Trinajstić information content (AvgIpc) is 3.44. The number of aromatic nitrogens is 2. The first-order valence-corrected chi connectivity index (χ1v) is 13.6. The van der Waals surface area contributed by atoms with Crippen LogP contribution in [-0.4, -0.2) is 68.6 Å². The van der Waals surface area contributed by atoms with Crippen molar-refractivity contribution in [1.29, 1.82) is 0 Å². The number of sulfonamides is 1. The van der Waals surface area contributed by atoms with Crippen LogP contribution in [0, 0.1) is 0 Å². The molecule has 2 aromatic carbocycles. The number of carboxylic acid groups (broad SMARTS) is 1. The first-order valence-electron chi connectivity index (χ1n) is 12.1. The normalized spacial score (nSPS) is 14.4. The van der Waals surface area contributed by atoms with E-state index in [1.165, 1.54) is 32.4 Å². The van der Waals surface area contributed by atoms with E-state index in [0.717, 1.165) is 30.8 Å².